The Labute approximate surface area is 146 Å². The minimum atomic E-state index is 0.0101. The molecule has 25 heavy (non-hydrogen) atoms. The summed E-state index contributed by atoms with van der Waals surface area (Å²) in [6.45, 7) is 1.29. The summed E-state index contributed by atoms with van der Waals surface area (Å²) in [5.41, 5.74) is 0.659. The quantitative estimate of drug-likeness (QED) is 0.756. The van der Waals surface area contributed by atoms with Crippen molar-refractivity contribution in [3.05, 3.63) is 54.5 Å². The lowest BCUT2D eigenvalue weighted by atomic mass is 10.0. The zero-order valence-corrected chi connectivity index (χ0v) is 14.0. The number of rotatable bonds is 6. The number of benzene rings is 1. The fourth-order valence-electron chi connectivity index (χ4n) is 2.89. The van der Waals surface area contributed by atoms with Crippen LogP contribution in [-0.2, 0) is 4.79 Å². The van der Waals surface area contributed by atoms with E-state index in [1.54, 1.807) is 24.4 Å². The van der Waals surface area contributed by atoms with Gasteiger partial charge < -0.3 is 9.64 Å². The standard InChI is InChI=1S/C19H21N3O3/c23-17(15-4-2-1-3-5-15)6-7-19(24)22-12-9-16(10-13-22)25-18-8-11-20-14-21-18/h1-5,8,11,14,16H,6-7,9-10,12-13H2. The number of piperidine rings is 1. The van der Waals surface area contributed by atoms with Gasteiger partial charge in [-0.3, -0.25) is 9.59 Å². The maximum Gasteiger partial charge on any atom is 0.223 e. The predicted octanol–water partition coefficient (Wildman–Crippen LogP) is 2.51. The normalized spacial score (nSPS) is 15.0. The average molecular weight is 339 g/mol. The number of hydrogen-bond donors (Lipinski definition) is 0. The van der Waals surface area contributed by atoms with Crippen LogP contribution in [0.5, 0.6) is 5.88 Å². The minimum absolute atomic E-state index is 0.0101. The van der Waals surface area contributed by atoms with Gasteiger partial charge in [0.25, 0.3) is 0 Å². The van der Waals surface area contributed by atoms with Crippen LogP contribution in [0.4, 0.5) is 0 Å². The summed E-state index contributed by atoms with van der Waals surface area (Å²) in [4.78, 5) is 34.1. The molecule has 0 unspecified atom stereocenters. The van der Waals surface area contributed by atoms with Crippen molar-refractivity contribution in [2.75, 3.05) is 13.1 Å². The summed E-state index contributed by atoms with van der Waals surface area (Å²) in [7, 11) is 0. The first-order chi connectivity index (χ1) is 12.2. The van der Waals surface area contributed by atoms with Crippen LogP contribution in [0.3, 0.4) is 0 Å². The molecule has 0 N–H and O–H groups in total. The van der Waals surface area contributed by atoms with Gasteiger partial charge in [-0.15, -0.1) is 0 Å². The van der Waals surface area contributed by atoms with Crippen LogP contribution < -0.4 is 4.74 Å². The molecule has 6 nitrogen and oxygen atoms in total. The molecule has 1 amide bonds. The van der Waals surface area contributed by atoms with E-state index in [0.717, 1.165) is 12.8 Å². The number of likely N-dealkylation sites (tertiary alicyclic amines) is 1. The summed E-state index contributed by atoms with van der Waals surface area (Å²) in [6, 6.07) is 10.8. The van der Waals surface area contributed by atoms with E-state index in [1.807, 2.05) is 23.1 Å². The summed E-state index contributed by atoms with van der Waals surface area (Å²) >= 11 is 0. The topological polar surface area (TPSA) is 72.4 Å². The zero-order valence-electron chi connectivity index (χ0n) is 14.0. The fourth-order valence-corrected chi connectivity index (χ4v) is 2.89. The lowest BCUT2D eigenvalue weighted by Gasteiger charge is -2.32. The molecule has 3 rings (SSSR count). The van der Waals surface area contributed by atoms with E-state index in [0.29, 0.717) is 24.5 Å². The van der Waals surface area contributed by atoms with Crippen LogP contribution in [0.2, 0.25) is 0 Å². The molecule has 1 saturated heterocycles. The number of ether oxygens (including phenoxy) is 1. The van der Waals surface area contributed by atoms with Crippen LogP contribution >= 0.6 is 0 Å². The Morgan fingerprint density at radius 3 is 2.52 bits per heavy atom. The molecule has 1 aromatic heterocycles. The fraction of sp³-hybridized carbons (Fsp3) is 0.368. The van der Waals surface area contributed by atoms with Crippen LogP contribution in [-0.4, -0.2) is 45.8 Å². The van der Waals surface area contributed by atoms with Crippen molar-refractivity contribution in [3.63, 3.8) is 0 Å². The smallest absolute Gasteiger partial charge is 0.223 e. The molecule has 0 spiro atoms. The number of Topliss-reactive ketones (excluding diaryl/α,β-unsaturated/α-hetero) is 1. The van der Waals surface area contributed by atoms with Crippen LogP contribution in [0.25, 0.3) is 0 Å². The van der Waals surface area contributed by atoms with Gasteiger partial charge >= 0.3 is 0 Å². The second-order valence-electron chi connectivity index (χ2n) is 6.03. The highest BCUT2D eigenvalue weighted by atomic mass is 16.5. The maximum absolute atomic E-state index is 12.3. The number of carbonyl (C=O) groups is 2. The van der Waals surface area contributed by atoms with Crippen molar-refractivity contribution >= 4 is 11.7 Å². The van der Waals surface area contributed by atoms with E-state index in [2.05, 4.69) is 9.97 Å². The van der Waals surface area contributed by atoms with Gasteiger partial charge in [-0.25, -0.2) is 9.97 Å². The molecular formula is C19H21N3O3. The molecule has 0 bridgehead atoms. The van der Waals surface area contributed by atoms with Gasteiger partial charge in [0.1, 0.15) is 12.4 Å². The van der Waals surface area contributed by atoms with Crippen molar-refractivity contribution < 1.29 is 14.3 Å². The molecule has 2 aromatic rings. The number of nitrogens with zero attached hydrogens (tertiary/aromatic N) is 3. The van der Waals surface area contributed by atoms with Gasteiger partial charge in [0.2, 0.25) is 11.8 Å². The average Bonchev–Trinajstić information content (AvgIpc) is 2.68. The Kier molecular flexibility index (Phi) is 5.72. The first-order valence-corrected chi connectivity index (χ1v) is 8.51. The van der Waals surface area contributed by atoms with Crippen LogP contribution in [0.1, 0.15) is 36.0 Å². The Balaban J connectivity index is 1.42. The molecule has 1 aliphatic heterocycles. The lowest BCUT2D eigenvalue weighted by molar-refractivity contribution is -0.132. The largest absolute Gasteiger partial charge is 0.474 e. The van der Waals surface area contributed by atoms with Gasteiger partial charge in [-0.1, -0.05) is 30.3 Å². The monoisotopic (exact) mass is 339 g/mol. The third kappa shape index (κ3) is 4.86. The Morgan fingerprint density at radius 1 is 1.08 bits per heavy atom. The number of aromatic nitrogens is 2. The van der Waals surface area contributed by atoms with E-state index >= 15 is 0 Å². The van der Waals surface area contributed by atoms with E-state index in [1.165, 1.54) is 6.33 Å². The molecule has 1 aliphatic rings. The Morgan fingerprint density at radius 2 is 1.84 bits per heavy atom. The van der Waals surface area contributed by atoms with Crippen molar-refractivity contribution in [2.24, 2.45) is 0 Å². The van der Waals surface area contributed by atoms with Crippen molar-refractivity contribution in [3.8, 4) is 5.88 Å². The van der Waals surface area contributed by atoms with E-state index in [4.69, 9.17) is 4.74 Å². The van der Waals surface area contributed by atoms with Crippen molar-refractivity contribution in [2.45, 2.75) is 31.8 Å². The Bertz CT molecular complexity index is 698. The molecule has 1 aromatic carbocycles. The number of hydrogen-bond acceptors (Lipinski definition) is 5. The molecule has 6 heteroatoms. The van der Waals surface area contributed by atoms with Gasteiger partial charge in [-0.05, 0) is 0 Å². The number of amides is 1. The molecule has 130 valence electrons. The highest BCUT2D eigenvalue weighted by Crippen LogP contribution is 2.17. The highest BCUT2D eigenvalue weighted by Gasteiger charge is 2.24. The van der Waals surface area contributed by atoms with E-state index in [9.17, 15) is 9.59 Å². The minimum Gasteiger partial charge on any atom is -0.474 e. The molecule has 0 aliphatic carbocycles. The van der Waals surface area contributed by atoms with Gasteiger partial charge in [0.05, 0.1) is 0 Å². The van der Waals surface area contributed by atoms with E-state index in [-0.39, 0.29) is 30.6 Å². The summed E-state index contributed by atoms with van der Waals surface area (Å²) in [5.74, 6) is 0.605. The molecule has 0 saturated carbocycles. The van der Waals surface area contributed by atoms with Crippen LogP contribution in [0, 0.1) is 0 Å². The molecule has 1 fully saturated rings. The SMILES string of the molecule is O=C(CCC(=O)N1CCC(Oc2ccncn2)CC1)c1ccccc1. The second kappa shape index (κ2) is 8.37. The van der Waals surface area contributed by atoms with Gasteiger partial charge in [-0.2, -0.15) is 0 Å². The predicted molar refractivity (Wildman–Crippen MR) is 92.3 cm³/mol. The highest BCUT2D eigenvalue weighted by molar-refractivity contribution is 5.97. The lowest BCUT2D eigenvalue weighted by Crippen LogP contribution is -2.41. The summed E-state index contributed by atoms with van der Waals surface area (Å²) in [5, 5.41) is 0. The summed E-state index contributed by atoms with van der Waals surface area (Å²) < 4.78 is 5.80. The maximum atomic E-state index is 12.3. The third-order valence-corrected chi connectivity index (χ3v) is 4.30. The van der Waals surface area contributed by atoms with Crippen molar-refractivity contribution in [1.29, 1.82) is 0 Å². The molecule has 2 heterocycles. The molecule has 0 atom stereocenters. The number of carbonyl (C=O) groups excluding carboxylic acids is 2. The Hall–Kier alpha value is -2.76. The third-order valence-electron chi connectivity index (χ3n) is 4.30. The van der Waals surface area contributed by atoms with E-state index < -0.39 is 0 Å². The second-order valence-corrected chi connectivity index (χ2v) is 6.03. The summed E-state index contributed by atoms with van der Waals surface area (Å²) in [6.07, 6.45) is 5.20. The van der Waals surface area contributed by atoms with Gasteiger partial charge in [0.15, 0.2) is 5.78 Å². The molecular weight excluding hydrogens is 318 g/mol. The molecule has 0 radical (unpaired) electrons. The number of ketones is 1. The first kappa shape index (κ1) is 17.1. The van der Waals surface area contributed by atoms with Gasteiger partial charge in [0, 0.05) is 56.6 Å². The first-order valence-electron chi connectivity index (χ1n) is 8.51. The zero-order chi connectivity index (χ0) is 17.5. The van der Waals surface area contributed by atoms with Crippen molar-refractivity contribution in [1.82, 2.24) is 14.9 Å². The van der Waals surface area contributed by atoms with Crippen LogP contribution in [0.15, 0.2) is 48.9 Å².